The van der Waals surface area contributed by atoms with E-state index in [9.17, 15) is 0 Å². The first-order chi connectivity index (χ1) is 13.2. The van der Waals surface area contributed by atoms with Crippen molar-refractivity contribution in [3.8, 4) is 11.3 Å². The molecule has 0 bridgehead atoms. The van der Waals surface area contributed by atoms with Crippen molar-refractivity contribution in [2.24, 2.45) is 12.5 Å². The van der Waals surface area contributed by atoms with Crippen LogP contribution in [0.25, 0.3) is 22.0 Å². The minimum absolute atomic E-state index is 0.505. The van der Waals surface area contributed by atoms with Crippen LogP contribution in [-0.2, 0) is 7.05 Å². The Morgan fingerprint density at radius 2 is 1.78 bits per heavy atom. The zero-order chi connectivity index (χ0) is 20.1. The van der Waals surface area contributed by atoms with Crippen molar-refractivity contribution in [1.29, 1.82) is 0 Å². The van der Waals surface area contributed by atoms with Gasteiger partial charge >= 0.3 is 0 Å². The van der Waals surface area contributed by atoms with E-state index >= 15 is 0 Å². The standard InChI is InChI=1S/C26H32N/c1-18-7-6-8-23(19(18)2)25-24-10-9-21(17-22(24)13-16-27(25)5)20-11-14-26(3,4)15-12-20/h6-10,13,16-17,20H,11-12,14-15H2,1-5H3/q+1/i6D. The Bertz CT molecular complexity index is 1040. The Balaban J connectivity index is 1.81. The molecule has 1 saturated carbocycles. The maximum absolute atomic E-state index is 8.19. The van der Waals surface area contributed by atoms with E-state index in [-0.39, 0.29) is 0 Å². The molecule has 140 valence electrons. The van der Waals surface area contributed by atoms with Gasteiger partial charge in [0.05, 0.1) is 6.76 Å². The molecular formula is C26H32N+. The number of pyridine rings is 1. The fourth-order valence-electron chi connectivity index (χ4n) is 4.64. The molecule has 1 heterocycles. The van der Waals surface area contributed by atoms with Crippen molar-refractivity contribution in [2.75, 3.05) is 0 Å². The fraction of sp³-hybridized carbons (Fsp3) is 0.423. The van der Waals surface area contributed by atoms with Crippen molar-refractivity contribution in [2.45, 2.75) is 59.3 Å². The van der Waals surface area contributed by atoms with Crippen LogP contribution in [0.4, 0.5) is 0 Å². The van der Waals surface area contributed by atoms with Gasteiger partial charge in [0.25, 0.3) is 0 Å². The summed E-state index contributed by atoms with van der Waals surface area (Å²) in [5, 5.41) is 2.58. The lowest BCUT2D eigenvalue weighted by molar-refractivity contribution is -0.659. The van der Waals surface area contributed by atoms with Crippen LogP contribution in [0.15, 0.2) is 48.6 Å². The van der Waals surface area contributed by atoms with E-state index in [1.165, 1.54) is 64.4 Å². The average Bonchev–Trinajstić information content (AvgIpc) is 2.64. The maximum Gasteiger partial charge on any atom is 0.220 e. The Hall–Kier alpha value is -2.15. The first-order valence-corrected chi connectivity index (χ1v) is 10.3. The zero-order valence-corrected chi connectivity index (χ0v) is 17.4. The molecule has 1 fully saturated rings. The molecule has 0 unspecified atom stereocenters. The van der Waals surface area contributed by atoms with Crippen LogP contribution in [0.3, 0.4) is 0 Å². The normalized spacial score (nSPS) is 17.9. The van der Waals surface area contributed by atoms with Gasteiger partial charge in [-0.1, -0.05) is 38.1 Å². The molecule has 1 nitrogen and oxygen atoms in total. The van der Waals surface area contributed by atoms with Gasteiger partial charge in [-0.05, 0) is 85.1 Å². The van der Waals surface area contributed by atoms with E-state index in [0.717, 1.165) is 0 Å². The summed E-state index contributed by atoms with van der Waals surface area (Å²) in [6.45, 7) is 9.08. The highest BCUT2D eigenvalue weighted by Crippen LogP contribution is 2.43. The molecule has 0 N–H and O–H groups in total. The third-order valence-corrected chi connectivity index (χ3v) is 6.75. The largest absolute Gasteiger partial charge is 0.220 e. The summed E-state index contributed by atoms with van der Waals surface area (Å²) >= 11 is 0. The molecule has 0 saturated heterocycles. The van der Waals surface area contributed by atoms with Crippen molar-refractivity contribution in [1.82, 2.24) is 0 Å². The Labute approximate surface area is 165 Å². The first kappa shape index (κ1) is 17.0. The molecule has 4 rings (SSSR count). The van der Waals surface area contributed by atoms with Gasteiger partial charge in [0.1, 0.15) is 7.05 Å². The first-order valence-electron chi connectivity index (χ1n) is 10.8. The topological polar surface area (TPSA) is 3.88 Å². The van der Waals surface area contributed by atoms with Gasteiger partial charge in [-0.2, -0.15) is 0 Å². The molecule has 1 aromatic heterocycles. The van der Waals surface area contributed by atoms with E-state index in [1.807, 2.05) is 12.1 Å². The van der Waals surface area contributed by atoms with Crippen LogP contribution in [0.5, 0.6) is 0 Å². The maximum atomic E-state index is 8.19. The Morgan fingerprint density at radius 3 is 2.52 bits per heavy atom. The third kappa shape index (κ3) is 3.40. The molecule has 0 aliphatic heterocycles. The number of aromatic nitrogens is 1. The molecule has 1 heteroatoms. The minimum atomic E-state index is 0.505. The van der Waals surface area contributed by atoms with Crippen molar-refractivity contribution in [3.05, 3.63) is 65.3 Å². The minimum Gasteiger partial charge on any atom is -0.200 e. The molecule has 3 aromatic rings. The number of hydrogen-bond acceptors (Lipinski definition) is 0. The summed E-state index contributed by atoms with van der Waals surface area (Å²) < 4.78 is 10.4. The molecule has 2 aromatic carbocycles. The molecule has 27 heavy (non-hydrogen) atoms. The monoisotopic (exact) mass is 359 g/mol. The van der Waals surface area contributed by atoms with Crippen LogP contribution in [0.2, 0.25) is 0 Å². The number of rotatable bonds is 2. The molecular weight excluding hydrogens is 326 g/mol. The van der Waals surface area contributed by atoms with Crippen LogP contribution < -0.4 is 4.57 Å². The number of hydrogen-bond donors (Lipinski definition) is 0. The molecule has 0 atom stereocenters. The second-order valence-electron chi connectivity index (χ2n) is 9.24. The number of benzene rings is 2. The van der Waals surface area contributed by atoms with E-state index in [1.54, 1.807) is 0 Å². The van der Waals surface area contributed by atoms with E-state index in [2.05, 4.69) is 69.8 Å². The lowest BCUT2D eigenvalue weighted by Gasteiger charge is -2.34. The van der Waals surface area contributed by atoms with Gasteiger partial charge in [-0.25, -0.2) is 4.57 Å². The fourth-order valence-corrected chi connectivity index (χ4v) is 4.64. The summed E-state index contributed by atoms with van der Waals surface area (Å²) in [4.78, 5) is 0. The Morgan fingerprint density at radius 1 is 1.04 bits per heavy atom. The second kappa shape index (κ2) is 6.78. The van der Waals surface area contributed by atoms with Gasteiger partial charge in [0.15, 0.2) is 6.20 Å². The lowest BCUT2D eigenvalue weighted by Crippen LogP contribution is -2.30. The van der Waals surface area contributed by atoms with Gasteiger partial charge in [0, 0.05) is 11.6 Å². The van der Waals surface area contributed by atoms with E-state index in [0.29, 0.717) is 17.4 Å². The van der Waals surface area contributed by atoms with Gasteiger partial charge in [-0.3, -0.25) is 0 Å². The predicted molar refractivity (Wildman–Crippen MR) is 115 cm³/mol. The SMILES string of the molecule is [2H]c1cc(C)c(C)c(-c2c3ccc(C4CCC(C)(C)CC4)cc3cc[n+]2C)c1. The van der Waals surface area contributed by atoms with Crippen molar-refractivity contribution < 1.29 is 5.94 Å². The smallest absolute Gasteiger partial charge is 0.200 e. The van der Waals surface area contributed by atoms with Crippen molar-refractivity contribution in [3.63, 3.8) is 0 Å². The summed E-state index contributed by atoms with van der Waals surface area (Å²) in [5.41, 5.74) is 6.82. The summed E-state index contributed by atoms with van der Waals surface area (Å²) in [6.07, 6.45) is 7.39. The van der Waals surface area contributed by atoms with Gasteiger partial charge < -0.3 is 0 Å². The highest BCUT2D eigenvalue weighted by molar-refractivity contribution is 5.94. The van der Waals surface area contributed by atoms with E-state index in [4.69, 9.17) is 1.37 Å². The number of aryl methyl sites for hydroxylation is 2. The molecule has 0 amide bonds. The Kier molecular flexibility index (Phi) is 4.27. The molecule has 0 spiro atoms. The average molecular weight is 360 g/mol. The predicted octanol–water partition coefficient (Wildman–Crippen LogP) is 6.63. The van der Waals surface area contributed by atoms with Crippen molar-refractivity contribution >= 4 is 10.8 Å². The molecule has 1 aliphatic carbocycles. The lowest BCUT2D eigenvalue weighted by atomic mass is 9.71. The highest BCUT2D eigenvalue weighted by Gasteiger charge is 2.28. The van der Waals surface area contributed by atoms with Gasteiger partial charge in [0.2, 0.25) is 5.69 Å². The number of nitrogens with zero attached hydrogens (tertiary/aromatic N) is 1. The summed E-state index contributed by atoms with van der Waals surface area (Å²) in [6, 6.07) is 13.8. The zero-order valence-electron chi connectivity index (χ0n) is 18.4. The second-order valence-corrected chi connectivity index (χ2v) is 9.24. The summed E-state index contributed by atoms with van der Waals surface area (Å²) in [5.74, 6) is 0.690. The third-order valence-electron chi connectivity index (χ3n) is 6.75. The quantitative estimate of drug-likeness (QED) is 0.452. The van der Waals surface area contributed by atoms with Crippen LogP contribution in [-0.4, -0.2) is 0 Å². The van der Waals surface area contributed by atoms with Gasteiger partial charge in [-0.15, -0.1) is 0 Å². The number of fused-ring (bicyclic) bond motifs is 1. The molecule has 0 radical (unpaired) electrons. The van der Waals surface area contributed by atoms with Crippen LogP contribution in [0, 0.1) is 19.3 Å². The van der Waals surface area contributed by atoms with Crippen LogP contribution >= 0.6 is 0 Å². The van der Waals surface area contributed by atoms with E-state index < -0.39 is 0 Å². The summed E-state index contributed by atoms with van der Waals surface area (Å²) in [7, 11) is 2.11. The molecule has 1 aliphatic rings. The van der Waals surface area contributed by atoms with Crippen LogP contribution in [0.1, 0.15) is 63.5 Å². The highest BCUT2D eigenvalue weighted by atomic mass is 14.9.